The second-order valence-corrected chi connectivity index (χ2v) is 2.97. The van der Waals surface area contributed by atoms with Crippen LogP contribution in [0.1, 0.15) is 0 Å². The molecule has 0 aliphatic rings. The Bertz CT molecular complexity index is 573. The Morgan fingerprint density at radius 3 is 2.94 bits per heavy atom. The molecule has 0 radical (unpaired) electrons. The van der Waals surface area contributed by atoms with Crippen LogP contribution in [0.15, 0.2) is 35.2 Å². The van der Waals surface area contributed by atoms with Crippen molar-refractivity contribution in [2.75, 3.05) is 0 Å². The lowest BCUT2D eigenvalue weighted by atomic mass is 10.3. The van der Waals surface area contributed by atoms with Gasteiger partial charge >= 0.3 is 0 Å². The molecule has 0 aliphatic heterocycles. The van der Waals surface area contributed by atoms with Crippen LogP contribution in [0.25, 0.3) is 23.2 Å². The number of hydrogen-bond donors (Lipinski definition) is 1. The number of rotatable bonds is 2. The van der Waals surface area contributed by atoms with Gasteiger partial charge in [0.05, 0.1) is 0 Å². The average molecular weight is 214 g/mol. The summed E-state index contributed by atoms with van der Waals surface area (Å²) in [7, 11) is 0. The highest BCUT2D eigenvalue weighted by molar-refractivity contribution is 5.50. The van der Waals surface area contributed by atoms with Gasteiger partial charge in [-0.3, -0.25) is 10.1 Å². The van der Waals surface area contributed by atoms with Crippen molar-refractivity contribution in [3.8, 4) is 23.2 Å². The van der Waals surface area contributed by atoms with Gasteiger partial charge < -0.3 is 4.52 Å². The van der Waals surface area contributed by atoms with E-state index >= 15 is 0 Å². The van der Waals surface area contributed by atoms with E-state index in [-0.39, 0.29) is 0 Å². The highest BCUT2D eigenvalue weighted by Gasteiger charge is 2.12. The quantitative estimate of drug-likeness (QED) is 0.681. The molecule has 3 heterocycles. The number of H-pyrrole nitrogens is 1. The van der Waals surface area contributed by atoms with Crippen molar-refractivity contribution in [2.45, 2.75) is 0 Å². The van der Waals surface area contributed by atoms with Crippen molar-refractivity contribution in [2.24, 2.45) is 0 Å². The molecule has 0 unspecified atom stereocenters. The molecular formula is C9H6N6O. The monoisotopic (exact) mass is 214 g/mol. The third-order valence-electron chi connectivity index (χ3n) is 1.94. The first-order valence-electron chi connectivity index (χ1n) is 4.54. The van der Waals surface area contributed by atoms with E-state index in [0.717, 1.165) is 0 Å². The highest BCUT2D eigenvalue weighted by atomic mass is 16.5. The molecule has 0 bridgehead atoms. The van der Waals surface area contributed by atoms with E-state index in [0.29, 0.717) is 23.2 Å². The number of hydrogen-bond acceptors (Lipinski definition) is 6. The highest BCUT2D eigenvalue weighted by Crippen LogP contribution is 2.16. The van der Waals surface area contributed by atoms with E-state index in [4.69, 9.17) is 4.52 Å². The summed E-state index contributed by atoms with van der Waals surface area (Å²) in [5.41, 5.74) is 0.626. The summed E-state index contributed by atoms with van der Waals surface area (Å²) in [5.74, 6) is 1.18. The van der Waals surface area contributed by atoms with Crippen LogP contribution in [0.3, 0.4) is 0 Å². The van der Waals surface area contributed by atoms with E-state index in [1.165, 1.54) is 6.33 Å². The van der Waals surface area contributed by atoms with Gasteiger partial charge in [-0.25, -0.2) is 4.98 Å². The van der Waals surface area contributed by atoms with Crippen LogP contribution < -0.4 is 0 Å². The molecule has 0 aliphatic carbocycles. The van der Waals surface area contributed by atoms with E-state index in [9.17, 15) is 0 Å². The Kier molecular flexibility index (Phi) is 1.93. The van der Waals surface area contributed by atoms with Crippen molar-refractivity contribution in [3.05, 3.63) is 30.7 Å². The Labute approximate surface area is 89.6 Å². The molecule has 7 heteroatoms. The Morgan fingerprint density at radius 1 is 1.19 bits per heavy atom. The smallest absolute Gasteiger partial charge is 0.276 e. The molecule has 3 rings (SSSR count). The van der Waals surface area contributed by atoms with E-state index < -0.39 is 0 Å². The molecule has 3 aromatic rings. The molecule has 16 heavy (non-hydrogen) atoms. The zero-order valence-corrected chi connectivity index (χ0v) is 8.03. The molecule has 0 amide bonds. The van der Waals surface area contributed by atoms with Crippen molar-refractivity contribution in [1.82, 2.24) is 30.3 Å². The summed E-state index contributed by atoms with van der Waals surface area (Å²) in [6.45, 7) is 0. The summed E-state index contributed by atoms with van der Waals surface area (Å²) in [6, 6.07) is 5.45. The fourth-order valence-corrected chi connectivity index (χ4v) is 1.23. The third-order valence-corrected chi connectivity index (χ3v) is 1.94. The maximum Gasteiger partial charge on any atom is 0.276 e. The molecule has 0 spiro atoms. The van der Waals surface area contributed by atoms with Crippen molar-refractivity contribution in [3.63, 3.8) is 0 Å². The summed E-state index contributed by atoms with van der Waals surface area (Å²) < 4.78 is 5.06. The second-order valence-electron chi connectivity index (χ2n) is 2.97. The first kappa shape index (κ1) is 8.72. The molecule has 3 aromatic heterocycles. The van der Waals surface area contributed by atoms with Crippen molar-refractivity contribution < 1.29 is 4.52 Å². The topological polar surface area (TPSA) is 93.4 Å². The fraction of sp³-hybridized carbons (Fsp3) is 0. The summed E-state index contributed by atoms with van der Waals surface area (Å²) in [5, 5.41) is 10.1. The Hall–Kier alpha value is -2.57. The zero-order chi connectivity index (χ0) is 10.8. The summed E-state index contributed by atoms with van der Waals surface area (Å²) in [4.78, 5) is 12.2. The van der Waals surface area contributed by atoms with E-state index in [1.807, 2.05) is 12.1 Å². The van der Waals surface area contributed by atoms with Gasteiger partial charge in [-0.15, -0.1) is 0 Å². The Morgan fingerprint density at radius 2 is 2.19 bits per heavy atom. The lowest BCUT2D eigenvalue weighted by Crippen LogP contribution is -1.84. The number of pyridine rings is 1. The van der Waals surface area contributed by atoms with Crippen LogP contribution in [0.4, 0.5) is 0 Å². The van der Waals surface area contributed by atoms with Gasteiger partial charge in [-0.2, -0.15) is 10.1 Å². The maximum absolute atomic E-state index is 5.06. The van der Waals surface area contributed by atoms with Gasteiger partial charge in [0.2, 0.25) is 5.82 Å². The molecule has 78 valence electrons. The van der Waals surface area contributed by atoms with Gasteiger partial charge in [0, 0.05) is 6.20 Å². The van der Waals surface area contributed by atoms with Gasteiger partial charge in [0.15, 0.2) is 5.82 Å². The molecular weight excluding hydrogens is 208 g/mol. The fourth-order valence-electron chi connectivity index (χ4n) is 1.23. The molecule has 0 saturated carbocycles. The Balaban J connectivity index is 2.00. The zero-order valence-electron chi connectivity index (χ0n) is 8.03. The van der Waals surface area contributed by atoms with Gasteiger partial charge in [0.1, 0.15) is 12.0 Å². The third kappa shape index (κ3) is 1.44. The van der Waals surface area contributed by atoms with Crippen LogP contribution in [-0.2, 0) is 0 Å². The first-order valence-corrected chi connectivity index (χ1v) is 4.54. The number of nitrogens with zero attached hydrogens (tertiary/aromatic N) is 5. The van der Waals surface area contributed by atoms with E-state index in [2.05, 4.69) is 30.3 Å². The largest absolute Gasteiger partial charge is 0.332 e. The predicted molar refractivity (Wildman–Crippen MR) is 52.9 cm³/mol. The van der Waals surface area contributed by atoms with Crippen LogP contribution in [-0.4, -0.2) is 30.3 Å². The van der Waals surface area contributed by atoms with E-state index in [1.54, 1.807) is 12.3 Å². The second kappa shape index (κ2) is 3.54. The number of nitrogens with one attached hydrogen (secondary N) is 1. The van der Waals surface area contributed by atoms with Crippen molar-refractivity contribution in [1.29, 1.82) is 0 Å². The summed E-state index contributed by atoms with van der Waals surface area (Å²) >= 11 is 0. The molecule has 0 saturated heterocycles. The minimum atomic E-state index is 0.354. The molecule has 1 N–H and O–H groups in total. The van der Waals surface area contributed by atoms with Crippen LogP contribution in [0.5, 0.6) is 0 Å². The normalized spacial score (nSPS) is 10.5. The first-order chi connectivity index (χ1) is 7.93. The average Bonchev–Trinajstić information content (AvgIpc) is 3.01. The molecule has 7 nitrogen and oxygen atoms in total. The number of aromatic amines is 1. The lowest BCUT2D eigenvalue weighted by molar-refractivity contribution is 0.430. The van der Waals surface area contributed by atoms with Crippen LogP contribution in [0, 0.1) is 0 Å². The maximum atomic E-state index is 5.06. The van der Waals surface area contributed by atoms with Crippen LogP contribution >= 0.6 is 0 Å². The lowest BCUT2D eigenvalue weighted by Gasteiger charge is -1.89. The SMILES string of the molecule is c1ccc(-c2nc(-c3ncn[nH]3)no2)nc1. The summed E-state index contributed by atoms with van der Waals surface area (Å²) in [6.07, 6.45) is 3.04. The standard InChI is InChI=1S/C9H6N6O/c1-2-4-10-6(3-1)9-13-8(15-16-9)7-11-5-12-14-7/h1-5H,(H,11,12,14). The number of aromatic nitrogens is 6. The molecule has 0 fully saturated rings. The van der Waals surface area contributed by atoms with Crippen LogP contribution in [0.2, 0.25) is 0 Å². The molecule has 0 aromatic carbocycles. The van der Waals surface area contributed by atoms with Crippen molar-refractivity contribution >= 4 is 0 Å². The van der Waals surface area contributed by atoms with Gasteiger partial charge in [-0.05, 0) is 12.1 Å². The van der Waals surface area contributed by atoms with Gasteiger partial charge in [0.25, 0.3) is 5.89 Å². The minimum Gasteiger partial charge on any atom is -0.332 e. The predicted octanol–water partition coefficient (Wildman–Crippen LogP) is 0.917. The molecule has 0 atom stereocenters. The van der Waals surface area contributed by atoms with Gasteiger partial charge in [-0.1, -0.05) is 11.2 Å². The minimum absolute atomic E-state index is 0.354.